The zero-order chi connectivity index (χ0) is 21.6. The summed E-state index contributed by atoms with van der Waals surface area (Å²) in [4.78, 5) is 4.73. The molecule has 3 aromatic carbocycles. The Balaban J connectivity index is 1.96. The predicted molar refractivity (Wildman–Crippen MR) is 135 cm³/mol. The standard InChI is InChI=1S/C27H22Cl3N/c28-16-4-3-6-25(19-8-12-23(29)13-9-19)27(20-10-14-24(30)15-11-20)22-17-21-5-1-2-7-26(21)31-18-22/h1-2,5,7-15,17-18H,3-4,6,16H2/b27-25-. The summed E-state index contributed by atoms with van der Waals surface area (Å²) in [6.45, 7) is 0. The Morgan fingerprint density at radius 2 is 1.35 bits per heavy atom. The molecule has 4 rings (SSSR count). The van der Waals surface area contributed by atoms with Gasteiger partial charge < -0.3 is 0 Å². The number of hydrogen-bond acceptors (Lipinski definition) is 1. The van der Waals surface area contributed by atoms with Crippen LogP contribution in [0.5, 0.6) is 0 Å². The third kappa shape index (κ3) is 5.30. The van der Waals surface area contributed by atoms with Crippen molar-refractivity contribution in [1.82, 2.24) is 4.98 Å². The minimum atomic E-state index is 0.654. The van der Waals surface area contributed by atoms with Gasteiger partial charge in [0.25, 0.3) is 0 Å². The molecule has 1 nitrogen and oxygen atoms in total. The number of benzene rings is 3. The zero-order valence-electron chi connectivity index (χ0n) is 17.0. The fourth-order valence-corrected chi connectivity index (χ4v) is 4.24. The number of para-hydroxylation sites is 1. The van der Waals surface area contributed by atoms with Gasteiger partial charge in [0.05, 0.1) is 5.52 Å². The molecule has 0 saturated heterocycles. The lowest BCUT2D eigenvalue weighted by atomic mass is 9.87. The minimum Gasteiger partial charge on any atom is -0.256 e. The van der Waals surface area contributed by atoms with Crippen molar-refractivity contribution in [2.45, 2.75) is 19.3 Å². The summed E-state index contributed by atoms with van der Waals surface area (Å²) in [7, 11) is 0. The summed E-state index contributed by atoms with van der Waals surface area (Å²) >= 11 is 18.4. The van der Waals surface area contributed by atoms with Crippen molar-refractivity contribution in [1.29, 1.82) is 0 Å². The quantitative estimate of drug-likeness (QED) is 0.150. The average molecular weight is 467 g/mol. The van der Waals surface area contributed by atoms with E-state index in [2.05, 4.69) is 36.4 Å². The second kappa shape index (κ2) is 10.3. The third-order valence-electron chi connectivity index (χ3n) is 5.32. The van der Waals surface area contributed by atoms with Crippen molar-refractivity contribution < 1.29 is 0 Å². The maximum atomic E-state index is 6.20. The van der Waals surface area contributed by atoms with Gasteiger partial charge in [-0.3, -0.25) is 4.98 Å². The molecule has 0 atom stereocenters. The molecule has 1 aromatic heterocycles. The lowest BCUT2D eigenvalue weighted by Crippen LogP contribution is -1.97. The van der Waals surface area contributed by atoms with E-state index < -0.39 is 0 Å². The van der Waals surface area contributed by atoms with Crippen molar-refractivity contribution in [2.24, 2.45) is 0 Å². The van der Waals surface area contributed by atoms with Crippen molar-refractivity contribution in [3.63, 3.8) is 0 Å². The van der Waals surface area contributed by atoms with Gasteiger partial charge in [0.1, 0.15) is 0 Å². The van der Waals surface area contributed by atoms with Crippen LogP contribution < -0.4 is 0 Å². The molecule has 0 fully saturated rings. The van der Waals surface area contributed by atoms with Crippen LogP contribution in [0.2, 0.25) is 10.0 Å². The number of unbranched alkanes of at least 4 members (excludes halogenated alkanes) is 1. The molecule has 0 N–H and O–H groups in total. The van der Waals surface area contributed by atoms with Crippen LogP contribution in [0.25, 0.3) is 22.0 Å². The largest absolute Gasteiger partial charge is 0.256 e. The number of allylic oxidation sites excluding steroid dienone is 1. The highest BCUT2D eigenvalue weighted by atomic mass is 35.5. The molecule has 0 spiro atoms. The highest BCUT2D eigenvalue weighted by Crippen LogP contribution is 2.37. The van der Waals surface area contributed by atoms with Crippen LogP contribution in [0.4, 0.5) is 0 Å². The van der Waals surface area contributed by atoms with E-state index in [9.17, 15) is 0 Å². The van der Waals surface area contributed by atoms with E-state index in [1.807, 2.05) is 48.7 Å². The third-order valence-corrected chi connectivity index (χ3v) is 6.09. The number of fused-ring (bicyclic) bond motifs is 1. The molecule has 0 saturated carbocycles. The van der Waals surface area contributed by atoms with Gasteiger partial charge in [-0.05, 0) is 77.9 Å². The molecular weight excluding hydrogens is 445 g/mol. The zero-order valence-corrected chi connectivity index (χ0v) is 19.3. The van der Waals surface area contributed by atoms with Crippen molar-refractivity contribution in [3.8, 4) is 0 Å². The Morgan fingerprint density at radius 3 is 2.03 bits per heavy atom. The van der Waals surface area contributed by atoms with E-state index >= 15 is 0 Å². The maximum absolute atomic E-state index is 6.20. The molecule has 0 aliphatic carbocycles. The molecule has 0 radical (unpaired) electrons. The number of pyridine rings is 1. The Bertz CT molecular complexity index is 1200. The number of rotatable bonds is 7. The first-order chi connectivity index (χ1) is 15.2. The first-order valence-electron chi connectivity index (χ1n) is 10.3. The summed E-state index contributed by atoms with van der Waals surface area (Å²) in [5.74, 6) is 0.654. The highest BCUT2D eigenvalue weighted by molar-refractivity contribution is 6.31. The van der Waals surface area contributed by atoms with E-state index in [1.54, 1.807) is 0 Å². The molecule has 156 valence electrons. The van der Waals surface area contributed by atoms with Crippen LogP contribution >= 0.6 is 34.8 Å². The number of hydrogen-bond donors (Lipinski definition) is 0. The average Bonchev–Trinajstić information content (AvgIpc) is 2.80. The lowest BCUT2D eigenvalue weighted by molar-refractivity contribution is 0.830. The Morgan fingerprint density at radius 1 is 0.710 bits per heavy atom. The van der Waals surface area contributed by atoms with Gasteiger partial charge in [-0.25, -0.2) is 0 Å². The predicted octanol–water partition coefficient (Wildman–Crippen LogP) is 8.91. The number of nitrogens with zero attached hydrogens (tertiary/aromatic N) is 1. The molecule has 0 amide bonds. The second-order valence-corrected chi connectivity index (χ2v) is 8.68. The van der Waals surface area contributed by atoms with Gasteiger partial charge >= 0.3 is 0 Å². The Kier molecular flexibility index (Phi) is 7.29. The van der Waals surface area contributed by atoms with E-state index in [1.165, 1.54) is 5.57 Å². The van der Waals surface area contributed by atoms with Crippen LogP contribution in [-0.2, 0) is 0 Å². The second-order valence-electron chi connectivity index (χ2n) is 7.43. The van der Waals surface area contributed by atoms with Crippen LogP contribution in [0.15, 0.2) is 85.1 Å². The topological polar surface area (TPSA) is 12.9 Å². The van der Waals surface area contributed by atoms with Gasteiger partial charge in [-0.1, -0.05) is 65.7 Å². The normalized spacial score (nSPS) is 12.1. The Hall–Kier alpha value is -2.32. The van der Waals surface area contributed by atoms with Crippen LogP contribution in [-0.4, -0.2) is 10.9 Å². The highest BCUT2D eigenvalue weighted by Gasteiger charge is 2.15. The van der Waals surface area contributed by atoms with E-state index in [0.29, 0.717) is 5.88 Å². The van der Waals surface area contributed by atoms with Crippen LogP contribution in [0.1, 0.15) is 36.0 Å². The monoisotopic (exact) mass is 465 g/mol. The van der Waals surface area contributed by atoms with Gasteiger partial charge in [0.2, 0.25) is 0 Å². The van der Waals surface area contributed by atoms with Crippen molar-refractivity contribution in [3.05, 3.63) is 112 Å². The fraction of sp³-hybridized carbons (Fsp3) is 0.148. The molecule has 0 bridgehead atoms. The first-order valence-corrected chi connectivity index (χ1v) is 11.6. The van der Waals surface area contributed by atoms with E-state index in [-0.39, 0.29) is 0 Å². The smallest absolute Gasteiger partial charge is 0.0702 e. The van der Waals surface area contributed by atoms with Gasteiger partial charge in [-0.2, -0.15) is 0 Å². The lowest BCUT2D eigenvalue weighted by Gasteiger charge is -2.18. The van der Waals surface area contributed by atoms with Crippen LogP contribution in [0, 0.1) is 0 Å². The minimum absolute atomic E-state index is 0.654. The number of aromatic nitrogens is 1. The summed E-state index contributed by atoms with van der Waals surface area (Å²) in [5.41, 5.74) is 6.73. The molecule has 4 aromatic rings. The molecule has 31 heavy (non-hydrogen) atoms. The molecular formula is C27H22Cl3N. The van der Waals surface area contributed by atoms with E-state index in [0.717, 1.165) is 62.5 Å². The van der Waals surface area contributed by atoms with Crippen LogP contribution in [0.3, 0.4) is 0 Å². The number of alkyl halides is 1. The van der Waals surface area contributed by atoms with Gasteiger partial charge in [0.15, 0.2) is 0 Å². The van der Waals surface area contributed by atoms with Gasteiger partial charge in [0, 0.05) is 33.1 Å². The molecule has 4 heteroatoms. The SMILES string of the molecule is ClCCCC/C(=C(\c1ccc(Cl)cc1)c1cnc2ccccc2c1)c1ccc(Cl)cc1. The van der Waals surface area contributed by atoms with E-state index in [4.69, 9.17) is 39.8 Å². The molecule has 0 aliphatic rings. The molecule has 0 aliphatic heterocycles. The summed E-state index contributed by atoms with van der Waals surface area (Å²) in [6, 6.07) is 26.5. The summed E-state index contributed by atoms with van der Waals surface area (Å²) < 4.78 is 0. The molecule has 0 unspecified atom stereocenters. The maximum Gasteiger partial charge on any atom is 0.0702 e. The Labute approximate surface area is 198 Å². The summed E-state index contributed by atoms with van der Waals surface area (Å²) in [6.07, 6.45) is 4.82. The fourth-order valence-electron chi connectivity index (χ4n) is 3.80. The number of halogens is 3. The van der Waals surface area contributed by atoms with Crippen molar-refractivity contribution >= 4 is 56.9 Å². The first kappa shape index (κ1) is 21.9. The summed E-state index contributed by atoms with van der Waals surface area (Å²) in [5, 5.41) is 2.56. The van der Waals surface area contributed by atoms with Crippen molar-refractivity contribution in [2.75, 3.05) is 5.88 Å². The van der Waals surface area contributed by atoms with Gasteiger partial charge in [-0.15, -0.1) is 11.6 Å². The molecule has 1 heterocycles.